The third-order valence-electron chi connectivity index (χ3n) is 5.15. The van der Waals surface area contributed by atoms with Gasteiger partial charge in [-0.05, 0) is 18.4 Å². The van der Waals surface area contributed by atoms with Crippen LogP contribution in [-0.4, -0.2) is 67.6 Å². The summed E-state index contributed by atoms with van der Waals surface area (Å²) < 4.78 is 5.35. The molecule has 0 saturated carbocycles. The second kappa shape index (κ2) is 8.45. The summed E-state index contributed by atoms with van der Waals surface area (Å²) in [5.74, 6) is 0.191. The molecule has 25 heavy (non-hydrogen) atoms. The lowest BCUT2D eigenvalue weighted by atomic mass is 9.97. The van der Waals surface area contributed by atoms with E-state index < -0.39 is 0 Å². The number of nitrogens with one attached hydrogen (secondary N) is 1. The number of hydrogen-bond donors (Lipinski definition) is 1. The molecule has 2 saturated heterocycles. The summed E-state index contributed by atoms with van der Waals surface area (Å²) in [6.07, 6.45) is 1.57. The number of likely N-dealkylation sites (N-methyl/N-ethyl adjacent to an activating group) is 1. The number of carbonyl (C=O) groups is 2. The van der Waals surface area contributed by atoms with Gasteiger partial charge in [-0.25, -0.2) is 0 Å². The highest BCUT2D eigenvalue weighted by Crippen LogP contribution is 2.21. The van der Waals surface area contributed by atoms with Gasteiger partial charge in [-0.15, -0.1) is 0 Å². The van der Waals surface area contributed by atoms with E-state index in [4.69, 9.17) is 4.74 Å². The zero-order chi connectivity index (χ0) is 17.6. The van der Waals surface area contributed by atoms with E-state index in [9.17, 15) is 9.59 Å². The summed E-state index contributed by atoms with van der Waals surface area (Å²) in [6, 6.07) is 9.85. The normalized spacial score (nSPS) is 22.6. The minimum absolute atomic E-state index is 0.0274. The molecule has 1 N–H and O–H groups in total. The Morgan fingerprint density at radius 3 is 2.56 bits per heavy atom. The summed E-state index contributed by atoms with van der Waals surface area (Å²) in [5.41, 5.74) is 1.18. The van der Waals surface area contributed by atoms with E-state index in [2.05, 4.69) is 22.3 Å². The Kier molecular flexibility index (Phi) is 6.04. The third kappa shape index (κ3) is 4.38. The summed E-state index contributed by atoms with van der Waals surface area (Å²) in [7, 11) is 1.66. The van der Waals surface area contributed by atoms with Crippen LogP contribution in [0.2, 0.25) is 0 Å². The molecule has 1 atom stereocenters. The molecule has 1 aromatic rings. The van der Waals surface area contributed by atoms with E-state index in [0.29, 0.717) is 32.8 Å². The first-order valence-electron chi connectivity index (χ1n) is 9.05. The third-order valence-corrected chi connectivity index (χ3v) is 5.15. The Balaban J connectivity index is 1.67. The van der Waals surface area contributed by atoms with Crippen LogP contribution in [0.25, 0.3) is 0 Å². The van der Waals surface area contributed by atoms with Gasteiger partial charge in [0.05, 0.1) is 0 Å². The molecule has 0 radical (unpaired) electrons. The maximum atomic E-state index is 12.8. The smallest absolute Gasteiger partial charge is 0.238 e. The average molecular weight is 345 g/mol. The minimum Gasteiger partial charge on any atom is -0.381 e. The fourth-order valence-corrected chi connectivity index (χ4v) is 3.65. The molecular weight excluding hydrogens is 318 g/mol. The quantitative estimate of drug-likeness (QED) is 0.880. The van der Waals surface area contributed by atoms with Gasteiger partial charge in [0.1, 0.15) is 6.04 Å². The van der Waals surface area contributed by atoms with E-state index >= 15 is 0 Å². The highest BCUT2D eigenvalue weighted by atomic mass is 16.5. The number of ether oxygens (including phenoxy) is 1. The SMILES string of the molecule is CNC(=O)[C@@H]1CN(C(=O)C2CCOCC2)CCN1Cc1ccccc1. The number of carbonyl (C=O) groups excluding carboxylic acids is 2. The van der Waals surface area contributed by atoms with E-state index in [1.807, 2.05) is 23.1 Å². The van der Waals surface area contributed by atoms with Gasteiger partial charge in [0.25, 0.3) is 0 Å². The standard InChI is InChI=1S/C19H27N3O3/c1-20-18(23)17-14-22(19(24)16-7-11-25-12-8-16)10-9-21(17)13-15-5-3-2-4-6-15/h2-6,16-17H,7-14H2,1H3,(H,20,23)/t17-/m0/s1. The molecule has 2 aliphatic rings. The predicted molar refractivity (Wildman–Crippen MR) is 94.8 cm³/mol. The van der Waals surface area contributed by atoms with Crippen LogP contribution in [-0.2, 0) is 20.9 Å². The van der Waals surface area contributed by atoms with E-state index in [-0.39, 0.29) is 23.8 Å². The van der Waals surface area contributed by atoms with Gasteiger partial charge in [0.15, 0.2) is 0 Å². The molecule has 2 fully saturated rings. The summed E-state index contributed by atoms with van der Waals surface area (Å²) in [6.45, 7) is 3.88. The van der Waals surface area contributed by atoms with Gasteiger partial charge in [-0.2, -0.15) is 0 Å². The number of hydrogen-bond acceptors (Lipinski definition) is 4. The van der Waals surface area contributed by atoms with Gasteiger partial charge in [0, 0.05) is 52.4 Å². The molecule has 0 unspecified atom stereocenters. The van der Waals surface area contributed by atoms with Crippen molar-refractivity contribution in [3.63, 3.8) is 0 Å². The molecule has 0 bridgehead atoms. The highest BCUT2D eigenvalue weighted by molar-refractivity contribution is 5.84. The van der Waals surface area contributed by atoms with Crippen molar-refractivity contribution in [2.45, 2.75) is 25.4 Å². The lowest BCUT2D eigenvalue weighted by molar-refractivity contribution is -0.144. The van der Waals surface area contributed by atoms with E-state index in [1.54, 1.807) is 7.05 Å². The Morgan fingerprint density at radius 1 is 1.16 bits per heavy atom. The lowest BCUT2D eigenvalue weighted by Gasteiger charge is -2.41. The molecule has 6 heteroatoms. The van der Waals surface area contributed by atoms with Crippen molar-refractivity contribution in [3.8, 4) is 0 Å². The first-order valence-corrected chi connectivity index (χ1v) is 9.05. The van der Waals surface area contributed by atoms with Crippen molar-refractivity contribution in [1.82, 2.24) is 15.1 Å². The first kappa shape index (κ1) is 17.9. The topological polar surface area (TPSA) is 61.9 Å². The molecular formula is C19H27N3O3. The molecule has 2 aliphatic heterocycles. The number of nitrogens with zero attached hydrogens (tertiary/aromatic N) is 2. The van der Waals surface area contributed by atoms with Crippen LogP contribution in [0, 0.1) is 5.92 Å². The molecule has 6 nitrogen and oxygen atoms in total. The van der Waals surface area contributed by atoms with Crippen LogP contribution in [0.1, 0.15) is 18.4 Å². The monoisotopic (exact) mass is 345 g/mol. The summed E-state index contributed by atoms with van der Waals surface area (Å²) in [5, 5.41) is 2.75. The Bertz CT molecular complexity index is 587. The number of rotatable bonds is 4. The molecule has 3 rings (SSSR count). The molecule has 2 amide bonds. The van der Waals surface area contributed by atoms with Crippen molar-refractivity contribution in [1.29, 1.82) is 0 Å². The van der Waals surface area contributed by atoms with E-state index in [0.717, 1.165) is 19.4 Å². The lowest BCUT2D eigenvalue weighted by Crippen LogP contribution is -2.60. The van der Waals surface area contributed by atoms with Crippen molar-refractivity contribution in [2.75, 3.05) is 39.9 Å². The van der Waals surface area contributed by atoms with Gasteiger partial charge >= 0.3 is 0 Å². The van der Waals surface area contributed by atoms with E-state index in [1.165, 1.54) is 5.56 Å². The Morgan fingerprint density at radius 2 is 1.88 bits per heavy atom. The van der Waals surface area contributed by atoms with Crippen LogP contribution in [0.3, 0.4) is 0 Å². The molecule has 1 aromatic carbocycles. The first-order chi connectivity index (χ1) is 12.2. The molecule has 2 heterocycles. The van der Waals surface area contributed by atoms with Crippen molar-refractivity contribution in [3.05, 3.63) is 35.9 Å². The summed E-state index contributed by atoms with van der Waals surface area (Å²) in [4.78, 5) is 29.2. The van der Waals surface area contributed by atoms with Gasteiger partial charge in [-0.3, -0.25) is 14.5 Å². The Labute approximate surface area is 149 Å². The number of amides is 2. The zero-order valence-electron chi connectivity index (χ0n) is 14.8. The fourth-order valence-electron chi connectivity index (χ4n) is 3.65. The maximum Gasteiger partial charge on any atom is 0.238 e. The second-order valence-corrected chi connectivity index (χ2v) is 6.76. The van der Waals surface area contributed by atoms with Crippen molar-refractivity contribution in [2.24, 2.45) is 5.92 Å². The maximum absolute atomic E-state index is 12.8. The van der Waals surface area contributed by atoms with Gasteiger partial charge < -0.3 is 15.0 Å². The molecule has 0 aromatic heterocycles. The fraction of sp³-hybridized carbons (Fsp3) is 0.579. The number of piperazine rings is 1. The largest absolute Gasteiger partial charge is 0.381 e. The van der Waals surface area contributed by atoms with Crippen LogP contribution in [0.4, 0.5) is 0 Å². The second-order valence-electron chi connectivity index (χ2n) is 6.76. The van der Waals surface area contributed by atoms with Crippen LogP contribution < -0.4 is 5.32 Å². The minimum atomic E-state index is -0.303. The number of benzene rings is 1. The van der Waals surface area contributed by atoms with Crippen molar-refractivity contribution < 1.29 is 14.3 Å². The Hall–Kier alpha value is -1.92. The zero-order valence-corrected chi connectivity index (χ0v) is 14.8. The summed E-state index contributed by atoms with van der Waals surface area (Å²) >= 11 is 0. The predicted octanol–water partition coefficient (Wildman–Crippen LogP) is 0.872. The van der Waals surface area contributed by atoms with Gasteiger partial charge in [-0.1, -0.05) is 30.3 Å². The van der Waals surface area contributed by atoms with Gasteiger partial charge in [0.2, 0.25) is 11.8 Å². The average Bonchev–Trinajstić information content (AvgIpc) is 2.68. The molecule has 0 spiro atoms. The van der Waals surface area contributed by atoms with Crippen molar-refractivity contribution >= 4 is 11.8 Å². The van der Waals surface area contributed by atoms with Crippen LogP contribution in [0.15, 0.2) is 30.3 Å². The van der Waals surface area contributed by atoms with Crippen LogP contribution >= 0.6 is 0 Å². The highest BCUT2D eigenvalue weighted by Gasteiger charge is 2.36. The van der Waals surface area contributed by atoms with Crippen LogP contribution in [0.5, 0.6) is 0 Å². The molecule has 136 valence electrons. The molecule has 0 aliphatic carbocycles.